The molecule has 2 rings (SSSR count). The maximum Gasteiger partial charge on any atom is 0.497 e. The van der Waals surface area contributed by atoms with E-state index in [0.717, 1.165) is 11.9 Å². The van der Waals surface area contributed by atoms with Crippen molar-refractivity contribution in [2.24, 2.45) is 5.41 Å². The molecule has 0 radical (unpaired) electrons. The van der Waals surface area contributed by atoms with Gasteiger partial charge >= 0.3 is 13.2 Å². The highest BCUT2D eigenvalue weighted by Crippen LogP contribution is 2.37. The van der Waals surface area contributed by atoms with Gasteiger partial charge in [-0.3, -0.25) is 4.68 Å². The van der Waals surface area contributed by atoms with Crippen molar-refractivity contribution < 1.29 is 18.8 Å². The zero-order valence-corrected chi connectivity index (χ0v) is 17.1. The van der Waals surface area contributed by atoms with Crippen molar-refractivity contribution in [3.05, 3.63) is 12.4 Å². The van der Waals surface area contributed by atoms with Gasteiger partial charge in [0, 0.05) is 43.0 Å². The Morgan fingerprint density at radius 2 is 2.08 bits per heavy atom. The highest BCUT2D eigenvalue weighted by molar-refractivity contribution is 6.61. The van der Waals surface area contributed by atoms with Crippen LogP contribution in [0.3, 0.4) is 0 Å². The number of carbonyl (C=O) groups excluding carboxylic acids is 1. The minimum absolute atomic E-state index is 0.0488. The third-order valence-electron chi connectivity index (χ3n) is 4.78. The van der Waals surface area contributed by atoms with Gasteiger partial charge in [-0.05, 0) is 41.0 Å². The topological polar surface area (TPSA) is 74.6 Å². The number of aromatic nitrogens is 2. The van der Waals surface area contributed by atoms with E-state index in [1.165, 1.54) is 0 Å². The van der Waals surface area contributed by atoms with Gasteiger partial charge in [0.1, 0.15) is 5.60 Å². The molecule has 1 N–H and O–H groups in total. The summed E-state index contributed by atoms with van der Waals surface area (Å²) in [7, 11) is -0.397. The Labute approximate surface area is 156 Å². The molecule has 1 saturated heterocycles. The average molecular weight is 365 g/mol. The molecule has 0 unspecified atom stereocenters. The Morgan fingerprint density at radius 3 is 2.69 bits per heavy atom. The Hall–Kier alpha value is -1.54. The summed E-state index contributed by atoms with van der Waals surface area (Å²) in [6, 6.07) is 0. The molecule has 0 aliphatic carbocycles. The van der Waals surface area contributed by atoms with Crippen LogP contribution in [0.4, 0.5) is 4.79 Å². The van der Waals surface area contributed by atoms with E-state index in [9.17, 15) is 4.79 Å². The number of carbonyl (C=O) groups is 1. The van der Waals surface area contributed by atoms with Crippen LogP contribution in [0.15, 0.2) is 12.4 Å². The van der Waals surface area contributed by atoms with Crippen LogP contribution in [0.1, 0.15) is 54.9 Å². The van der Waals surface area contributed by atoms with E-state index >= 15 is 0 Å². The molecule has 1 fully saturated rings. The van der Waals surface area contributed by atoms with Crippen LogP contribution in [-0.2, 0) is 20.6 Å². The van der Waals surface area contributed by atoms with Gasteiger partial charge in [-0.1, -0.05) is 13.8 Å². The molecule has 0 aromatic carbocycles. The summed E-state index contributed by atoms with van der Waals surface area (Å²) >= 11 is 0. The molecule has 0 bridgehead atoms. The summed E-state index contributed by atoms with van der Waals surface area (Å²) in [4.78, 5) is 11.6. The molecule has 7 nitrogen and oxygen atoms in total. The molecule has 0 spiro atoms. The SMILES string of the molecule is CC(C)(C)OC(=O)NCCCn1cc(B2OCC(C)(C)C(C)(C)O2)cn1. The van der Waals surface area contributed by atoms with E-state index in [1.54, 1.807) is 6.20 Å². The maximum absolute atomic E-state index is 11.6. The lowest BCUT2D eigenvalue weighted by atomic mass is 9.70. The lowest BCUT2D eigenvalue weighted by Gasteiger charge is -2.47. The molecule has 1 aromatic heterocycles. The number of ether oxygens (including phenoxy) is 1. The van der Waals surface area contributed by atoms with E-state index < -0.39 is 18.8 Å². The Bertz CT molecular complexity index is 622. The van der Waals surface area contributed by atoms with Crippen molar-refractivity contribution in [2.75, 3.05) is 13.2 Å². The average Bonchev–Trinajstić information content (AvgIpc) is 2.93. The third kappa shape index (κ3) is 5.48. The molecule has 0 saturated carbocycles. The van der Waals surface area contributed by atoms with Crippen molar-refractivity contribution in [3.8, 4) is 0 Å². The van der Waals surface area contributed by atoms with Crippen LogP contribution in [0.2, 0.25) is 0 Å². The summed E-state index contributed by atoms with van der Waals surface area (Å²) in [6.45, 7) is 15.9. The van der Waals surface area contributed by atoms with Crippen LogP contribution in [-0.4, -0.2) is 47.3 Å². The molecule has 0 atom stereocenters. The van der Waals surface area contributed by atoms with E-state index in [4.69, 9.17) is 14.0 Å². The van der Waals surface area contributed by atoms with Gasteiger partial charge in [-0.15, -0.1) is 0 Å². The van der Waals surface area contributed by atoms with Gasteiger partial charge in [0.25, 0.3) is 0 Å². The van der Waals surface area contributed by atoms with Gasteiger partial charge in [0.15, 0.2) is 0 Å². The van der Waals surface area contributed by atoms with Crippen molar-refractivity contribution in [3.63, 3.8) is 0 Å². The molecule has 146 valence electrons. The largest absolute Gasteiger partial charge is 0.497 e. The Morgan fingerprint density at radius 1 is 1.38 bits per heavy atom. The van der Waals surface area contributed by atoms with E-state index in [0.29, 0.717) is 19.7 Å². The van der Waals surface area contributed by atoms with Crippen LogP contribution in [0, 0.1) is 5.41 Å². The summed E-state index contributed by atoms with van der Waals surface area (Å²) in [5.41, 5.74) is 0.0968. The van der Waals surface area contributed by atoms with E-state index in [1.807, 2.05) is 31.6 Å². The summed E-state index contributed by atoms with van der Waals surface area (Å²) < 4.78 is 19.1. The highest BCUT2D eigenvalue weighted by Gasteiger charge is 2.47. The smallest absolute Gasteiger partial charge is 0.444 e. The first kappa shape index (κ1) is 20.8. The van der Waals surface area contributed by atoms with E-state index in [2.05, 4.69) is 38.1 Å². The molecule has 2 heterocycles. The Kier molecular flexibility index (Phi) is 6.07. The number of alkyl carbamates (subject to hydrolysis) is 1. The summed E-state index contributed by atoms with van der Waals surface area (Å²) in [5.74, 6) is 0. The van der Waals surface area contributed by atoms with Gasteiger partial charge in [0.2, 0.25) is 0 Å². The zero-order valence-electron chi connectivity index (χ0n) is 17.1. The highest BCUT2D eigenvalue weighted by atomic mass is 16.6. The van der Waals surface area contributed by atoms with Gasteiger partial charge < -0.3 is 19.4 Å². The molecule has 1 aromatic rings. The first-order valence-electron chi connectivity index (χ1n) is 9.18. The molecular formula is C18H32BN3O4. The standard InChI is InChI=1S/C18H32BN3O4/c1-16(2,3)25-15(23)20-9-8-10-22-12-14(11-21-22)19-24-13-17(4,5)18(6,7)26-19/h11-12H,8-10,13H2,1-7H3,(H,20,23). The number of amides is 1. The lowest BCUT2D eigenvalue weighted by molar-refractivity contribution is -0.0937. The number of nitrogens with zero attached hydrogens (tertiary/aromatic N) is 2. The fourth-order valence-electron chi connectivity index (χ4n) is 2.45. The monoisotopic (exact) mass is 365 g/mol. The first-order chi connectivity index (χ1) is 11.9. The van der Waals surface area contributed by atoms with Gasteiger partial charge in [0.05, 0.1) is 5.60 Å². The molecule has 26 heavy (non-hydrogen) atoms. The van der Waals surface area contributed by atoms with Gasteiger partial charge in [-0.25, -0.2) is 4.79 Å². The molecule has 8 heteroatoms. The van der Waals surface area contributed by atoms with Crippen LogP contribution < -0.4 is 10.8 Å². The van der Waals surface area contributed by atoms with Crippen LogP contribution in [0.25, 0.3) is 0 Å². The fourth-order valence-corrected chi connectivity index (χ4v) is 2.45. The number of hydrogen-bond acceptors (Lipinski definition) is 5. The second kappa shape index (κ2) is 7.60. The van der Waals surface area contributed by atoms with Gasteiger partial charge in [-0.2, -0.15) is 5.10 Å². The predicted octanol–water partition coefficient (Wildman–Crippen LogP) is 2.34. The second-order valence-corrected chi connectivity index (χ2v) is 8.97. The molecular weight excluding hydrogens is 333 g/mol. The van der Waals surface area contributed by atoms with Crippen molar-refractivity contribution in [1.82, 2.24) is 15.1 Å². The maximum atomic E-state index is 11.6. The third-order valence-corrected chi connectivity index (χ3v) is 4.78. The van der Waals surface area contributed by atoms with Crippen molar-refractivity contribution in [2.45, 2.75) is 72.6 Å². The van der Waals surface area contributed by atoms with Crippen molar-refractivity contribution >= 4 is 18.7 Å². The van der Waals surface area contributed by atoms with E-state index in [-0.39, 0.29) is 11.0 Å². The van der Waals surface area contributed by atoms with Crippen LogP contribution in [0.5, 0.6) is 0 Å². The predicted molar refractivity (Wildman–Crippen MR) is 101 cm³/mol. The molecule has 1 aliphatic heterocycles. The second-order valence-electron chi connectivity index (χ2n) is 8.97. The summed E-state index contributed by atoms with van der Waals surface area (Å²) in [6.07, 6.45) is 4.07. The number of nitrogens with one attached hydrogen (secondary N) is 1. The number of aryl methyl sites for hydroxylation is 1. The quantitative estimate of drug-likeness (QED) is 0.640. The molecule has 1 aliphatic rings. The number of hydrogen-bond donors (Lipinski definition) is 1. The Balaban J connectivity index is 1.79. The fraction of sp³-hybridized carbons (Fsp3) is 0.778. The van der Waals surface area contributed by atoms with Crippen LogP contribution >= 0.6 is 0 Å². The summed E-state index contributed by atoms with van der Waals surface area (Å²) in [5, 5.41) is 7.11. The van der Waals surface area contributed by atoms with Crippen molar-refractivity contribution in [1.29, 1.82) is 0 Å². The minimum atomic E-state index is -0.483. The zero-order chi connectivity index (χ0) is 19.6. The minimum Gasteiger partial charge on any atom is -0.444 e. The number of rotatable bonds is 5. The lowest BCUT2D eigenvalue weighted by Crippen LogP contribution is -2.58. The normalized spacial score (nSPS) is 19.3. The molecule has 1 amide bonds. The first-order valence-corrected chi connectivity index (χ1v) is 9.18.